The Kier molecular flexibility index (Phi) is 11.5. The lowest BCUT2D eigenvalue weighted by molar-refractivity contribution is -0.194. The van der Waals surface area contributed by atoms with Gasteiger partial charge in [0.2, 0.25) is 0 Å². The van der Waals surface area contributed by atoms with E-state index in [2.05, 4.69) is 10.3 Å². The summed E-state index contributed by atoms with van der Waals surface area (Å²) in [5.74, 6) is -0.250. The molecule has 0 bridgehead atoms. The number of carbonyl (C=O) groups excluding carboxylic acids is 1. The molecule has 0 fully saturated rings. The van der Waals surface area contributed by atoms with Crippen LogP contribution in [0, 0.1) is 11.2 Å². The number of esters is 1. The highest BCUT2D eigenvalue weighted by molar-refractivity contribution is 5.95. The molecule has 7 nitrogen and oxygen atoms in total. The number of amidine groups is 1. The number of halogens is 4. The third kappa shape index (κ3) is 9.19. The van der Waals surface area contributed by atoms with Gasteiger partial charge in [0.05, 0.1) is 24.7 Å². The van der Waals surface area contributed by atoms with Crippen molar-refractivity contribution in [2.75, 3.05) is 26.1 Å². The first-order valence-electron chi connectivity index (χ1n) is 13.2. The molecule has 1 aromatic heterocycles. The van der Waals surface area contributed by atoms with Gasteiger partial charge in [-0.05, 0) is 60.6 Å². The molecule has 0 amide bonds. The van der Waals surface area contributed by atoms with E-state index in [1.54, 1.807) is 46.0 Å². The largest absolute Gasteiger partial charge is 0.497 e. The third-order valence-corrected chi connectivity index (χ3v) is 6.09. The molecule has 1 aromatic carbocycles. The van der Waals surface area contributed by atoms with Crippen molar-refractivity contribution in [3.63, 3.8) is 0 Å². The fourth-order valence-corrected chi connectivity index (χ4v) is 3.81. The van der Waals surface area contributed by atoms with Gasteiger partial charge in [-0.1, -0.05) is 17.7 Å². The molecule has 0 unspecified atom stereocenters. The summed E-state index contributed by atoms with van der Waals surface area (Å²) >= 11 is 0. The van der Waals surface area contributed by atoms with E-state index in [4.69, 9.17) is 14.5 Å². The molecule has 0 aliphatic heterocycles. The van der Waals surface area contributed by atoms with Gasteiger partial charge in [-0.25, -0.2) is 14.2 Å². The highest BCUT2D eigenvalue weighted by atomic mass is 19.4. The Morgan fingerprint density at radius 1 is 1.07 bits per heavy atom. The first kappa shape index (κ1) is 34.1. The van der Waals surface area contributed by atoms with Crippen LogP contribution in [-0.4, -0.2) is 48.6 Å². The zero-order valence-electron chi connectivity index (χ0n) is 25.4. The molecular weight excluding hydrogens is 552 g/mol. The van der Waals surface area contributed by atoms with Crippen LogP contribution >= 0.6 is 0 Å². The van der Waals surface area contributed by atoms with Crippen LogP contribution in [0.1, 0.15) is 64.4 Å². The lowest BCUT2D eigenvalue weighted by Gasteiger charge is -2.29. The Hall–Kier alpha value is -4.15. The number of carbonyl (C=O) groups is 1. The molecule has 0 spiro atoms. The summed E-state index contributed by atoms with van der Waals surface area (Å²) in [7, 11) is 3.01. The molecular formula is C31H38F4N4O3. The van der Waals surface area contributed by atoms with Crippen molar-refractivity contribution in [2.24, 2.45) is 10.4 Å². The number of aliphatic imine (C=N–C) groups is 1. The normalized spacial score (nSPS) is 13.3. The van der Waals surface area contributed by atoms with Crippen LogP contribution in [0.4, 0.5) is 23.2 Å². The van der Waals surface area contributed by atoms with Crippen LogP contribution < -0.4 is 10.1 Å². The second-order valence-electron chi connectivity index (χ2n) is 10.4. The maximum Gasteiger partial charge on any atom is 0.397 e. The summed E-state index contributed by atoms with van der Waals surface area (Å²) in [6, 6.07) is 5.65. The highest BCUT2D eigenvalue weighted by Gasteiger charge is 2.46. The Balaban J connectivity index is 2.85. The lowest BCUT2D eigenvalue weighted by atomic mass is 9.91. The van der Waals surface area contributed by atoms with Gasteiger partial charge in [-0.2, -0.15) is 13.2 Å². The van der Waals surface area contributed by atoms with Crippen LogP contribution in [-0.2, 0) is 4.74 Å². The summed E-state index contributed by atoms with van der Waals surface area (Å²) in [6.45, 7) is 10.9. The molecule has 0 radical (unpaired) electrons. The van der Waals surface area contributed by atoms with Crippen molar-refractivity contribution in [3.05, 3.63) is 82.8 Å². The number of hydrogen-bond donors (Lipinski definition) is 1. The first-order valence-corrected chi connectivity index (χ1v) is 13.2. The Morgan fingerprint density at radius 2 is 1.71 bits per heavy atom. The van der Waals surface area contributed by atoms with E-state index in [-0.39, 0.29) is 23.7 Å². The molecule has 0 saturated heterocycles. The third-order valence-electron chi connectivity index (χ3n) is 6.09. The van der Waals surface area contributed by atoms with Crippen LogP contribution in [0.15, 0.2) is 70.9 Å². The standard InChI is InChI=1S/C31H38F4N4O3/c1-10-42-29(40)23-12-22(17-36-18-23)27(11-19(2)3)28(39(8)20(4)16-30(6,7)31(33,34)35)38-21(5)37-25-13-24(32)14-26(15-25)41-9/h11-18H,10H2,1-9H3,(H,37,38)/b20-16-,28-27-. The molecule has 0 atom stereocenters. The predicted molar refractivity (Wildman–Crippen MR) is 158 cm³/mol. The lowest BCUT2D eigenvalue weighted by Crippen LogP contribution is -2.31. The number of alkyl halides is 3. The van der Waals surface area contributed by atoms with Gasteiger partial charge in [-0.15, -0.1) is 0 Å². The minimum atomic E-state index is -4.49. The number of ether oxygens (including phenoxy) is 2. The molecule has 11 heteroatoms. The zero-order chi connectivity index (χ0) is 31.8. The van der Waals surface area contributed by atoms with Crippen molar-refractivity contribution in [1.82, 2.24) is 9.88 Å². The van der Waals surface area contributed by atoms with E-state index < -0.39 is 23.4 Å². The van der Waals surface area contributed by atoms with Crippen LogP contribution in [0.5, 0.6) is 5.75 Å². The molecule has 0 saturated carbocycles. The van der Waals surface area contributed by atoms with Crippen molar-refractivity contribution < 1.29 is 31.8 Å². The van der Waals surface area contributed by atoms with E-state index >= 15 is 0 Å². The van der Waals surface area contributed by atoms with E-state index in [1.165, 1.54) is 36.5 Å². The van der Waals surface area contributed by atoms with E-state index in [1.807, 2.05) is 13.8 Å². The number of anilines is 1. The van der Waals surface area contributed by atoms with E-state index in [0.29, 0.717) is 28.4 Å². The minimum Gasteiger partial charge on any atom is -0.497 e. The highest BCUT2D eigenvalue weighted by Crippen LogP contribution is 2.40. The fraction of sp³-hybridized carbons (Fsp3) is 0.387. The molecule has 1 heterocycles. The summed E-state index contributed by atoms with van der Waals surface area (Å²) in [4.78, 5) is 22.9. The van der Waals surface area contributed by atoms with Crippen molar-refractivity contribution in [1.29, 1.82) is 0 Å². The van der Waals surface area contributed by atoms with E-state index in [9.17, 15) is 22.4 Å². The summed E-state index contributed by atoms with van der Waals surface area (Å²) in [5, 5.41) is 3.02. The molecule has 1 N–H and O–H groups in total. The number of allylic oxidation sites excluding steroid dienone is 5. The second-order valence-corrected chi connectivity index (χ2v) is 10.4. The summed E-state index contributed by atoms with van der Waals surface area (Å²) in [6.07, 6.45) is 1.32. The Morgan fingerprint density at radius 3 is 2.29 bits per heavy atom. The monoisotopic (exact) mass is 590 g/mol. The SMILES string of the molecule is CCOC(=O)c1cncc(/C(C=C(C)C)=C(/N=C(\C)Nc2cc(F)cc(OC)c2)N(C)/C(C)=C\C(C)(C)C(F)(F)F)c1. The number of methoxy groups -OCH3 is 1. The summed E-state index contributed by atoms with van der Waals surface area (Å²) in [5.41, 5.74) is 0.508. The molecule has 42 heavy (non-hydrogen) atoms. The van der Waals surface area contributed by atoms with Gasteiger partial charge in [0.15, 0.2) is 0 Å². The van der Waals surface area contributed by atoms with Gasteiger partial charge in [0.25, 0.3) is 0 Å². The van der Waals surface area contributed by atoms with Gasteiger partial charge >= 0.3 is 12.1 Å². The minimum absolute atomic E-state index is 0.173. The molecule has 0 aliphatic rings. The number of hydrogen-bond acceptors (Lipinski definition) is 6. The smallest absolute Gasteiger partial charge is 0.397 e. The zero-order valence-corrected chi connectivity index (χ0v) is 25.4. The van der Waals surface area contributed by atoms with Crippen LogP contribution in [0.2, 0.25) is 0 Å². The van der Waals surface area contributed by atoms with Gasteiger partial charge in [-0.3, -0.25) is 4.98 Å². The van der Waals surface area contributed by atoms with Gasteiger partial charge in [0.1, 0.15) is 23.2 Å². The quantitative estimate of drug-likeness (QED) is 0.0994. The number of nitrogens with zero attached hydrogens (tertiary/aromatic N) is 3. The van der Waals surface area contributed by atoms with Gasteiger partial charge < -0.3 is 19.7 Å². The van der Waals surface area contributed by atoms with Crippen molar-refractivity contribution in [3.8, 4) is 5.75 Å². The van der Waals surface area contributed by atoms with Gasteiger partial charge in [0, 0.05) is 54.1 Å². The van der Waals surface area contributed by atoms with Crippen LogP contribution in [0.3, 0.4) is 0 Å². The van der Waals surface area contributed by atoms with Crippen LogP contribution in [0.25, 0.3) is 5.57 Å². The molecule has 2 rings (SSSR count). The second kappa shape index (κ2) is 14.2. The Labute approximate surface area is 244 Å². The maximum atomic E-state index is 14.1. The number of rotatable bonds is 10. The molecule has 228 valence electrons. The first-order chi connectivity index (χ1) is 19.5. The average molecular weight is 591 g/mol. The Bertz CT molecular complexity index is 1410. The predicted octanol–water partition coefficient (Wildman–Crippen LogP) is 8.00. The molecule has 0 aliphatic carbocycles. The van der Waals surface area contributed by atoms with Crippen molar-refractivity contribution >= 4 is 23.1 Å². The van der Waals surface area contributed by atoms with E-state index in [0.717, 1.165) is 25.5 Å². The topological polar surface area (TPSA) is 76.0 Å². The molecule has 2 aromatic rings. The summed E-state index contributed by atoms with van der Waals surface area (Å²) < 4.78 is 65.7. The fourth-order valence-electron chi connectivity index (χ4n) is 3.81. The number of benzene rings is 1. The number of pyridine rings is 1. The average Bonchev–Trinajstić information content (AvgIpc) is 2.89. The van der Waals surface area contributed by atoms with Crippen molar-refractivity contribution in [2.45, 2.75) is 54.6 Å². The maximum absolute atomic E-state index is 14.1. The number of aromatic nitrogens is 1. The number of nitrogens with one attached hydrogen (secondary N) is 1.